The van der Waals surface area contributed by atoms with Gasteiger partial charge in [-0.05, 0) is 54.5 Å². The van der Waals surface area contributed by atoms with Crippen LogP contribution in [0.3, 0.4) is 0 Å². The number of benzene rings is 3. The number of unbranched alkanes of at least 4 members (excludes halogenated alkanes) is 1. The van der Waals surface area contributed by atoms with Crippen LogP contribution in [0.2, 0.25) is 0 Å². The molecule has 4 rings (SSSR count). The van der Waals surface area contributed by atoms with Gasteiger partial charge in [-0.25, -0.2) is 0 Å². The molecule has 0 saturated carbocycles. The molecule has 0 spiro atoms. The molecule has 194 valence electrons. The average molecular weight is 499 g/mol. The quantitative estimate of drug-likeness (QED) is 0.299. The molecule has 0 fully saturated rings. The Morgan fingerprint density at radius 2 is 1.59 bits per heavy atom. The van der Waals surface area contributed by atoms with Gasteiger partial charge in [0.1, 0.15) is 5.75 Å². The van der Waals surface area contributed by atoms with Crippen molar-refractivity contribution in [2.24, 2.45) is 4.99 Å². The van der Waals surface area contributed by atoms with E-state index in [-0.39, 0.29) is 17.6 Å². The molecule has 0 atom stereocenters. The number of rotatable bonds is 13. The Kier molecular flexibility index (Phi) is 9.99. The number of nitrogens with one attached hydrogen (secondary N) is 2. The summed E-state index contributed by atoms with van der Waals surface area (Å²) in [4.78, 5) is 19.7. The van der Waals surface area contributed by atoms with E-state index >= 15 is 0 Å². The third kappa shape index (κ3) is 8.38. The zero-order valence-corrected chi connectivity index (χ0v) is 21.5. The van der Waals surface area contributed by atoms with E-state index in [9.17, 15) is 9.90 Å². The summed E-state index contributed by atoms with van der Waals surface area (Å²) >= 11 is 0. The number of aliphatic imine (C=N–C) groups is 1. The Labute approximate surface area is 220 Å². The zero-order chi connectivity index (χ0) is 25.7. The maximum absolute atomic E-state index is 13.4. The zero-order valence-electron chi connectivity index (χ0n) is 21.5. The fourth-order valence-corrected chi connectivity index (χ4v) is 4.75. The van der Waals surface area contributed by atoms with Crippen molar-refractivity contribution >= 4 is 11.9 Å². The number of phenols is 1. The van der Waals surface area contributed by atoms with E-state index in [1.54, 1.807) is 12.1 Å². The van der Waals surface area contributed by atoms with Gasteiger partial charge in [0.2, 0.25) is 5.91 Å². The third-order valence-electron chi connectivity index (χ3n) is 6.84. The van der Waals surface area contributed by atoms with Gasteiger partial charge >= 0.3 is 0 Å². The van der Waals surface area contributed by atoms with Crippen molar-refractivity contribution in [1.29, 1.82) is 0 Å². The Morgan fingerprint density at radius 1 is 0.919 bits per heavy atom. The molecule has 1 aliphatic rings. The molecule has 3 N–H and O–H groups in total. The van der Waals surface area contributed by atoms with Crippen LogP contribution >= 0.6 is 0 Å². The molecule has 37 heavy (non-hydrogen) atoms. The minimum atomic E-state index is 0.204. The van der Waals surface area contributed by atoms with Gasteiger partial charge < -0.3 is 20.6 Å². The lowest BCUT2D eigenvalue weighted by Crippen LogP contribution is -2.35. The van der Waals surface area contributed by atoms with Crippen molar-refractivity contribution in [3.05, 3.63) is 102 Å². The SMILES string of the molecule is O=C(CCCCNC1=NCCN1)N(CCc1ccc(O)cc1)CCC(c1ccccc1)c1ccccc1. The van der Waals surface area contributed by atoms with Crippen molar-refractivity contribution in [2.45, 2.75) is 38.0 Å². The lowest BCUT2D eigenvalue weighted by atomic mass is 9.88. The van der Waals surface area contributed by atoms with E-state index < -0.39 is 0 Å². The summed E-state index contributed by atoms with van der Waals surface area (Å²) in [7, 11) is 0. The molecule has 0 saturated heterocycles. The van der Waals surface area contributed by atoms with Crippen molar-refractivity contribution in [3.8, 4) is 5.75 Å². The summed E-state index contributed by atoms with van der Waals surface area (Å²) in [5.74, 6) is 1.57. The molecule has 3 aromatic rings. The molecule has 0 unspecified atom stereocenters. The predicted octanol–water partition coefficient (Wildman–Crippen LogP) is 4.70. The number of phenolic OH excluding ortho intramolecular Hbond substituents is 1. The normalized spacial score (nSPS) is 12.7. The highest BCUT2D eigenvalue weighted by molar-refractivity contribution is 5.81. The molecular formula is C31H38N4O2. The number of hydrogen-bond acceptors (Lipinski definition) is 5. The molecule has 0 radical (unpaired) electrons. The van der Waals surface area contributed by atoms with Gasteiger partial charge in [-0.2, -0.15) is 0 Å². The Bertz CT molecular complexity index is 1080. The molecule has 1 heterocycles. The number of nitrogens with zero attached hydrogens (tertiary/aromatic N) is 2. The summed E-state index contributed by atoms with van der Waals surface area (Å²) in [5, 5.41) is 16.1. The standard InChI is InChI=1S/C31H38N4O2/c36-28-16-14-25(15-17-28)18-23-35(30(37)13-7-8-20-32-31-33-21-22-34-31)24-19-29(26-9-3-1-4-10-26)27-11-5-2-6-12-27/h1-6,9-12,14-17,29,36H,7-8,13,18-24H2,(H2,32,33,34). The highest BCUT2D eigenvalue weighted by Gasteiger charge is 2.19. The van der Waals surface area contributed by atoms with Crippen molar-refractivity contribution in [1.82, 2.24) is 15.5 Å². The first-order chi connectivity index (χ1) is 18.2. The van der Waals surface area contributed by atoms with E-state index in [0.29, 0.717) is 19.5 Å². The molecule has 3 aromatic carbocycles. The van der Waals surface area contributed by atoms with Crippen LogP contribution in [0.5, 0.6) is 5.75 Å². The minimum Gasteiger partial charge on any atom is -0.508 e. The van der Waals surface area contributed by atoms with Crippen LogP contribution in [0.1, 0.15) is 48.3 Å². The van der Waals surface area contributed by atoms with E-state index in [4.69, 9.17) is 0 Å². The average Bonchev–Trinajstić information content (AvgIpc) is 3.46. The van der Waals surface area contributed by atoms with Gasteiger partial charge in [0.05, 0.1) is 6.54 Å². The van der Waals surface area contributed by atoms with E-state index in [2.05, 4.69) is 64.2 Å². The van der Waals surface area contributed by atoms with E-state index in [1.807, 2.05) is 29.2 Å². The summed E-state index contributed by atoms with van der Waals surface area (Å²) < 4.78 is 0. The van der Waals surface area contributed by atoms with Gasteiger partial charge in [-0.15, -0.1) is 0 Å². The largest absolute Gasteiger partial charge is 0.508 e. The van der Waals surface area contributed by atoms with Crippen molar-refractivity contribution in [3.63, 3.8) is 0 Å². The van der Waals surface area contributed by atoms with Crippen LogP contribution in [0, 0.1) is 0 Å². The summed E-state index contributed by atoms with van der Waals surface area (Å²) in [6, 6.07) is 28.4. The van der Waals surface area contributed by atoms with Crippen LogP contribution < -0.4 is 10.6 Å². The second-order valence-corrected chi connectivity index (χ2v) is 9.50. The highest BCUT2D eigenvalue weighted by atomic mass is 16.3. The predicted molar refractivity (Wildman–Crippen MR) is 150 cm³/mol. The van der Waals surface area contributed by atoms with Crippen LogP contribution in [0.25, 0.3) is 0 Å². The number of aromatic hydroxyl groups is 1. The van der Waals surface area contributed by atoms with Crippen molar-refractivity contribution in [2.75, 3.05) is 32.7 Å². The van der Waals surface area contributed by atoms with Gasteiger partial charge in [0.25, 0.3) is 0 Å². The van der Waals surface area contributed by atoms with Crippen molar-refractivity contribution < 1.29 is 9.90 Å². The topological polar surface area (TPSA) is 77.0 Å². The first-order valence-corrected chi connectivity index (χ1v) is 13.4. The fraction of sp³-hybridized carbons (Fsp3) is 0.355. The van der Waals surface area contributed by atoms with Crippen LogP contribution in [0.15, 0.2) is 89.9 Å². The number of carbonyl (C=O) groups excluding carboxylic acids is 1. The minimum absolute atomic E-state index is 0.204. The summed E-state index contributed by atoms with van der Waals surface area (Å²) in [6.45, 7) is 3.90. The molecule has 6 heteroatoms. The Balaban J connectivity index is 1.38. The van der Waals surface area contributed by atoms with Gasteiger partial charge in [0, 0.05) is 38.5 Å². The number of hydrogen-bond donors (Lipinski definition) is 3. The second kappa shape index (κ2) is 14.1. The first kappa shape index (κ1) is 26.3. The highest BCUT2D eigenvalue weighted by Crippen LogP contribution is 2.28. The molecular weight excluding hydrogens is 460 g/mol. The fourth-order valence-electron chi connectivity index (χ4n) is 4.75. The second-order valence-electron chi connectivity index (χ2n) is 9.50. The van der Waals surface area contributed by atoms with Crippen LogP contribution in [0.4, 0.5) is 0 Å². The van der Waals surface area contributed by atoms with Gasteiger partial charge in [0.15, 0.2) is 5.96 Å². The number of amides is 1. The summed E-state index contributed by atoms with van der Waals surface area (Å²) in [6.07, 6.45) is 3.94. The maximum Gasteiger partial charge on any atom is 0.222 e. The molecule has 6 nitrogen and oxygen atoms in total. The molecule has 1 amide bonds. The summed E-state index contributed by atoms with van der Waals surface area (Å²) in [5.41, 5.74) is 3.66. The lowest BCUT2D eigenvalue weighted by Gasteiger charge is -2.26. The molecule has 1 aliphatic heterocycles. The molecule has 0 bridgehead atoms. The third-order valence-corrected chi connectivity index (χ3v) is 6.84. The molecule has 0 aliphatic carbocycles. The van der Waals surface area contributed by atoms with E-state index in [1.165, 1.54) is 11.1 Å². The monoisotopic (exact) mass is 498 g/mol. The number of guanidine groups is 1. The van der Waals surface area contributed by atoms with Crippen LogP contribution in [-0.2, 0) is 11.2 Å². The Hall–Kier alpha value is -3.80. The van der Waals surface area contributed by atoms with Gasteiger partial charge in [-0.1, -0.05) is 72.8 Å². The lowest BCUT2D eigenvalue weighted by molar-refractivity contribution is -0.131. The smallest absolute Gasteiger partial charge is 0.222 e. The van der Waals surface area contributed by atoms with Crippen LogP contribution in [-0.4, -0.2) is 54.6 Å². The van der Waals surface area contributed by atoms with Gasteiger partial charge in [-0.3, -0.25) is 9.79 Å². The first-order valence-electron chi connectivity index (χ1n) is 13.4. The van der Waals surface area contributed by atoms with E-state index in [0.717, 1.165) is 56.8 Å². The molecule has 0 aromatic heterocycles. The number of carbonyl (C=O) groups is 1. The maximum atomic E-state index is 13.4. The Morgan fingerprint density at radius 3 is 2.22 bits per heavy atom.